The Morgan fingerprint density at radius 2 is 1.75 bits per heavy atom. The average molecular weight is 291 g/mol. The van der Waals surface area contributed by atoms with Crippen molar-refractivity contribution in [2.45, 2.75) is 40.0 Å². The Morgan fingerprint density at radius 3 is 2.35 bits per heavy atom. The molecule has 0 spiro atoms. The summed E-state index contributed by atoms with van der Waals surface area (Å²) in [4.78, 5) is 8.14. The van der Waals surface area contributed by atoms with Crippen LogP contribution in [0.5, 0.6) is 11.6 Å². The maximum atomic E-state index is 5.92. The topological polar surface area (TPSA) is 35.0 Å². The Bertz CT molecular complexity index is 613. The van der Waals surface area contributed by atoms with E-state index in [4.69, 9.17) is 16.3 Å². The summed E-state index contributed by atoms with van der Waals surface area (Å²) >= 11 is 5.87. The normalized spacial score (nSPS) is 11.5. The largest absolute Gasteiger partial charge is 0.439 e. The summed E-state index contributed by atoms with van der Waals surface area (Å²) in [5, 5.41) is 0.199. The van der Waals surface area contributed by atoms with Crippen molar-refractivity contribution in [2.75, 3.05) is 0 Å². The number of aryl methyl sites for hydroxylation is 2. The minimum absolute atomic E-state index is 0.00672. The van der Waals surface area contributed by atoms with Crippen molar-refractivity contribution >= 4 is 11.6 Å². The third-order valence-corrected chi connectivity index (χ3v) is 3.13. The Balaban J connectivity index is 2.43. The highest BCUT2D eigenvalue weighted by molar-refractivity contribution is 6.28. The molecule has 0 aliphatic carbocycles. The van der Waals surface area contributed by atoms with E-state index >= 15 is 0 Å². The van der Waals surface area contributed by atoms with Gasteiger partial charge < -0.3 is 4.74 Å². The molecule has 0 unspecified atom stereocenters. The fourth-order valence-electron chi connectivity index (χ4n) is 1.99. The molecule has 4 heteroatoms. The van der Waals surface area contributed by atoms with Crippen LogP contribution in [0.1, 0.15) is 37.6 Å². The molecule has 0 atom stereocenters. The second-order valence-electron chi connectivity index (χ2n) is 5.97. The highest BCUT2D eigenvalue weighted by atomic mass is 35.5. The fourth-order valence-corrected chi connectivity index (χ4v) is 2.21. The van der Waals surface area contributed by atoms with Crippen LogP contribution in [0.2, 0.25) is 5.28 Å². The lowest BCUT2D eigenvalue weighted by Crippen LogP contribution is -2.13. The zero-order chi connectivity index (χ0) is 14.9. The molecule has 0 aliphatic rings. The number of nitrogens with zero attached hydrogens (tertiary/aromatic N) is 2. The molecule has 0 saturated carbocycles. The molecule has 0 bridgehead atoms. The highest BCUT2D eigenvalue weighted by Gasteiger charge is 2.20. The first-order chi connectivity index (χ1) is 9.25. The Kier molecular flexibility index (Phi) is 4.00. The van der Waals surface area contributed by atoms with Gasteiger partial charge in [0.25, 0.3) is 0 Å². The lowest BCUT2D eigenvalue weighted by Gasteiger charge is -2.23. The van der Waals surface area contributed by atoms with Crippen molar-refractivity contribution in [1.29, 1.82) is 0 Å². The summed E-state index contributed by atoms with van der Waals surface area (Å²) in [6.45, 7) is 10.4. The van der Waals surface area contributed by atoms with Crippen LogP contribution in [0.3, 0.4) is 0 Å². The standard InChI is InChI=1S/C16H19ClN2O/c1-10-6-7-13(12(8-10)16(3,4)5)20-14-9-11(2)18-15(17)19-14/h6-9H,1-5H3. The number of hydrogen-bond acceptors (Lipinski definition) is 3. The van der Waals surface area contributed by atoms with E-state index in [1.165, 1.54) is 5.56 Å². The van der Waals surface area contributed by atoms with Crippen LogP contribution in [-0.4, -0.2) is 9.97 Å². The van der Waals surface area contributed by atoms with Crippen LogP contribution in [-0.2, 0) is 5.41 Å². The molecule has 0 saturated heterocycles. The third-order valence-electron chi connectivity index (χ3n) is 2.96. The van der Waals surface area contributed by atoms with Crippen molar-refractivity contribution in [2.24, 2.45) is 0 Å². The number of benzene rings is 1. The van der Waals surface area contributed by atoms with Gasteiger partial charge in [0.1, 0.15) is 5.75 Å². The Labute approximate surface area is 125 Å². The van der Waals surface area contributed by atoms with Crippen LogP contribution in [0.25, 0.3) is 0 Å². The van der Waals surface area contributed by atoms with Gasteiger partial charge >= 0.3 is 0 Å². The van der Waals surface area contributed by atoms with Gasteiger partial charge in [-0.3, -0.25) is 0 Å². The Hall–Kier alpha value is -1.61. The average Bonchev–Trinajstić information content (AvgIpc) is 2.28. The molecule has 2 rings (SSSR count). The molecule has 0 aliphatic heterocycles. The van der Waals surface area contributed by atoms with Gasteiger partial charge in [0.2, 0.25) is 11.2 Å². The number of ether oxygens (including phenoxy) is 1. The summed E-state index contributed by atoms with van der Waals surface area (Å²) < 4.78 is 5.92. The lowest BCUT2D eigenvalue weighted by molar-refractivity contribution is 0.438. The molecule has 106 valence electrons. The molecule has 0 radical (unpaired) electrons. The molecule has 0 fully saturated rings. The minimum Gasteiger partial charge on any atom is -0.439 e. The van der Waals surface area contributed by atoms with E-state index in [1.54, 1.807) is 6.07 Å². The van der Waals surface area contributed by atoms with Gasteiger partial charge in [-0.15, -0.1) is 0 Å². The second-order valence-corrected chi connectivity index (χ2v) is 6.31. The van der Waals surface area contributed by atoms with E-state index in [1.807, 2.05) is 19.1 Å². The first-order valence-electron chi connectivity index (χ1n) is 6.56. The maximum absolute atomic E-state index is 5.92. The molecule has 1 aromatic carbocycles. The summed E-state index contributed by atoms with van der Waals surface area (Å²) in [5.41, 5.74) is 3.13. The molecule has 1 aromatic heterocycles. The van der Waals surface area contributed by atoms with Crippen LogP contribution in [0, 0.1) is 13.8 Å². The van der Waals surface area contributed by atoms with E-state index in [2.05, 4.69) is 43.7 Å². The highest BCUT2D eigenvalue weighted by Crippen LogP contribution is 2.34. The van der Waals surface area contributed by atoms with Gasteiger partial charge in [-0.05, 0) is 36.9 Å². The first-order valence-corrected chi connectivity index (χ1v) is 6.94. The smallest absolute Gasteiger partial charge is 0.225 e. The SMILES string of the molecule is Cc1ccc(Oc2cc(C)nc(Cl)n2)c(C(C)(C)C)c1. The van der Waals surface area contributed by atoms with Crippen LogP contribution in [0.4, 0.5) is 0 Å². The summed E-state index contributed by atoms with van der Waals surface area (Å²) in [7, 11) is 0. The number of rotatable bonds is 2. The van der Waals surface area contributed by atoms with Crippen LogP contribution in [0.15, 0.2) is 24.3 Å². The van der Waals surface area contributed by atoms with Gasteiger partial charge in [-0.1, -0.05) is 38.5 Å². The zero-order valence-electron chi connectivity index (χ0n) is 12.5. The van der Waals surface area contributed by atoms with E-state index in [9.17, 15) is 0 Å². The number of hydrogen-bond donors (Lipinski definition) is 0. The fraction of sp³-hybridized carbons (Fsp3) is 0.375. The second kappa shape index (κ2) is 5.41. The maximum Gasteiger partial charge on any atom is 0.225 e. The Morgan fingerprint density at radius 1 is 1.05 bits per heavy atom. The molecule has 3 nitrogen and oxygen atoms in total. The third kappa shape index (κ3) is 3.48. The minimum atomic E-state index is -0.00672. The van der Waals surface area contributed by atoms with Gasteiger partial charge in [0.05, 0.1) is 0 Å². The van der Waals surface area contributed by atoms with Crippen molar-refractivity contribution in [3.63, 3.8) is 0 Å². The predicted molar refractivity (Wildman–Crippen MR) is 81.7 cm³/mol. The number of halogens is 1. The molecular formula is C16H19ClN2O. The van der Waals surface area contributed by atoms with Crippen molar-refractivity contribution in [3.05, 3.63) is 46.4 Å². The molecular weight excluding hydrogens is 272 g/mol. The van der Waals surface area contributed by atoms with E-state index < -0.39 is 0 Å². The molecule has 1 heterocycles. The van der Waals surface area contributed by atoms with Crippen molar-refractivity contribution in [3.8, 4) is 11.6 Å². The van der Waals surface area contributed by atoms with Gasteiger partial charge in [0, 0.05) is 17.3 Å². The van der Waals surface area contributed by atoms with E-state index in [0.717, 1.165) is 17.0 Å². The quantitative estimate of drug-likeness (QED) is 0.743. The van der Waals surface area contributed by atoms with E-state index in [-0.39, 0.29) is 10.7 Å². The molecule has 2 aromatic rings. The van der Waals surface area contributed by atoms with Crippen LogP contribution < -0.4 is 4.74 Å². The summed E-state index contributed by atoms with van der Waals surface area (Å²) in [6, 6.07) is 7.92. The van der Waals surface area contributed by atoms with Crippen LogP contribution >= 0.6 is 11.6 Å². The van der Waals surface area contributed by atoms with Gasteiger partial charge in [0.15, 0.2) is 0 Å². The number of aromatic nitrogens is 2. The molecule has 0 amide bonds. The first kappa shape index (κ1) is 14.8. The summed E-state index contributed by atoms with van der Waals surface area (Å²) in [5.74, 6) is 1.27. The molecule has 20 heavy (non-hydrogen) atoms. The van der Waals surface area contributed by atoms with Crippen molar-refractivity contribution in [1.82, 2.24) is 9.97 Å². The summed E-state index contributed by atoms with van der Waals surface area (Å²) in [6.07, 6.45) is 0. The molecule has 0 N–H and O–H groups in total. The lowest BCUT2D eigenvalue weighted by atomic mass is 9.85. The zero-order valence-corrected chi connectivity index (χ0v) is 13.2. The monoisotopic (exact) mass is 290 g/mol. The predicted octanol–water partition coefficient (Wildman–Crippen LogP) is 4.84. The van der Waals surface area contributed by atoms with Crippen molar-refractivity contribution < 1.29 is 4.74 Å². The van der Waals surface area contributed by atoms with E-state index in [0.29, 0.717) is 5.88 Å². The van der Waals surface area contributed by atoms with Gasteiger partial charge in [-0.2, -0.15) is 4.98 Å². The van der Waals surface area contributed by atoms with Gasteiger partial charge in [-0.25, -0.2) is 4.98 Å².